The molecule has 0 aliphatic rings. The summed E-state index contributed by atoms with van der Waals surface area (Å²) in [5.41, 5.74) is 9.25. The summed E-state index contributed by atoms with van der Waals surface area (Å²) in [5.74, 6) is -0.276. The van der Waals surface area contributed by atoms with Gasteiger partial charge in [-0.15, -0.1) is 12.4 Å². The zero-order valence-electron chi connectivity index (χ0n) is 12.9. The van der Waals surface area contributed by atoms with Crippen LogP contribution in [0.4, 0.5) is 5.69 Å². The molecule has 0 bridgehead atoms. The van der Waals surface area contributed by atoms with Crippen LogP contribution in [0.2, 0.25) is 0 Å². The number of hydrogen-bond donors (Lipinski definition) is 2. The lowest BCUT2D eigenvalue weighted by Gasteiger charge is -2.12. The standard InChI is InChI=1S/C15H20N4O2.ClH/c1-10-7-11(2)19(18-10)13-6-4-5-12(8-13)17-15(20)14(16)9-21-3;/h4-8,14H,9,16H2,1-3H3,(H,17,20);1H. The van der Waals surface area contributed by atoms with E-state index in [-0.39, 0.29) is 24.9 Å². The minimum atomic E-state index is -0.688. The lowest BCUT2D eigenvalue weighted by Crippen LogP contribution is -2.39. The highest BCUT2D eigenvalue weighted by atomic mass is 35.5. The van der Waals surface area contributed by atoms with Crippen molar-refractivity contribution in [3.05, 3.63) is 41.7 Å². The molecule has 22 heavy (non-hydrogen) atoms. The zero-order chi connectivity index (χ0) is 15.4. The number of anilines is 1. The number of benzene rings is 1. The quantitative estimate of drug-likeness (QED) is 0.879. The molecule has 2 rings (SSSR count). The molecular weight excluding hydrogens is 304 g/mol. The fourth-order valence-corrected chi connectivity index (χ4v) is 2.10. The van der Waals surface area contributed by atoms with E-state index in [1.807, 2.05) is 48.9 Å². The van der Waals surface area contributed by atoms with Crippen LogP contribution in [0.25, 0.3) is 5.69 Å². The first-order valence-corrected chi connectivity index (χ1v) is 6.70. The molecule has 1 unspecified atom stereocenters. The highest BCUT2D eigenvalue weighted by Crippen LogP contribution is 2.16. The minimum Gasteiger partial charge on any atom is -0.383 e. The van der Waals surface area contributed by atoms with E-state index < -0.39 is 6.04 Å². The number of ether oxygens (including phenoxy) is 1. The molecule has 0 radical (unpaired) electrons. The first-order valence-electron chi connectivity index (χ1n) is 6.70. The highest BCUT2D eigenvalue weighted by Gasteiger charge is 2.13. The monoisotopic (exact) mass is 324 g/mol. The number of methoxy groups -OCH3 is 1. The second-order valence-electron chi connectivity index (χ2n) is 4.94. The molecule has 0 fully saturated rings. The molecule has 0 saturated carbocycles. The molecule has 6 nitrogen and oxygen atoms in total. The molecule has 0 aliphatic carbocycles. The van der Waals surface area contributed by atoms with Crippen molar-refractivity contribution in [3.63, 3.8) is 0 Å². The molecule has 1 atom stereocenters. The van der Waals surface area contributed by atoms with Gasteiger partial charge in [0.05, 0.1) is 18.0 Å². The summed E-state index contributed by atoms with van der Waals surface area (Å²) in [6, 6.07) is 8.78. The van der Waals surface area contributed by atoms with Crippen LogP contribution in [-0.2, 0) is 9.53 Å². The number of nitrogens with zero attached hydrogens (tertiary/aromatic N) is 2. The summed E-state index contributed by atoms with van der Waals surface area (Å²) in [6.45, 7) is 4.11. The third-order valence-corrected chi connectivity index (χ3v) is 3.05. The second kappa shape index (κ2) is 7.93. The van der Waals surface area contributed by atoms with Gasteiger partial charge in [0.15, 0.2) is 0 Å². The third-order valence-electron chi connectivity index (χ3n) is 3.05. The Morgan fingerprint density at radius 3 is 2.73 bits per heavy atom. The first kappa shape index (κ1) is 18.2. The van der Waals surface area contributed by atoms with E-state index >= 15 is 0 Å². The Bertz CT molecular complexity index is 642. The van der Waals surface area contributed by atoms with Crippen LogP contribution in [0.3, 0.4) is 0 Å². The Morgan fingerprint density at radius 1 is 1.41 bits per heavy atom. The topological polar surface area (TPSA) is 82.2 Å². The fraction of sp³-hybridized carbons (Fsp3) is 0.333. The van der Waals surface area contributed by atoms with Crippen LogP contribution in [0.5, 0.6) is 0 Å². The van der Waals surface area contributed by atoms with Crippen molar-refractivity contribution in [2.75, 3.05) is 19.0 Å². The number of aromatic nitrogens is 2. The van der Waals surface area contributed by atoms with Crippen molar-refractivity contribution >= 4 is 24.0 Å². The average molecular weight is 325 g/mol. The molecule has 3 N–H and O–H groups in total. The maximum absolute atomic E-state index is 11.9. The number of nitrogens with two attached hydrogens (primary N) is 1. The molecule has 0 saturated heterocycles. The van der Waals surface area contributed by atoms with Gasteiger partial charge in [-0.1, -0.05) is 6.07 Å². The number of carbonyl (C=O) groups excluding carboxylic acids is 1. The summed E-state index contributed by atoms with van der Waals surface area (Å²) in [5, 5.41) is 7.20. The van der Waals surface area contributed by atoms with Crippen LogP contribution < -0.4 is 11.1 Å². The number of hydrogen-bond acceptors (Lipinski definition) is 4. The van der Waals surface area contributed by atoms with E-state index in [4.69, 9.17) is 10.5 Å². The van der Waals surface area contributed by atoms with Gasteiger partial charge in [0.1, 0.15) is 6.04 Å². The van der Waals surface area contributed by atoms with E-state index in [1.165, 1.54) is 7.11 Å². The summed E-state index contributed by atoms with van der Waals surface area (Å²) < 4.78 is 6.71. The van der Waals surface area contributed by atoms with Crippen molar-refractivity contribution in [2.45, 2.75) is 19.9 Å². The van der Waals surface area contributed by atoms with E-state index in [2.05, 4.69) is 10.4 Å². The van der Waals surface area contributed by atoms with Gasteiger partial charge in [-0.3, -0.25) is 4.79 Å². The van der Waals surface area contributed by atoms with Crippen molar-refractivity contribution < 1.29 is 9.53 Å². The molecule has 1 aromatic heterocycles. The molecule has 7 heteroatoms. The molecule has 2 aromatic rings. The number of aryl methyl sites for hydroxylation is 2. The summed E-state index contributed by atoms with van der Waals surface area (Å²) in [7, 11) is 1.51. The summed E-state index contributed by atoms with van der Waals surface area (Å²) in [6.07, 6.45) is 0. The smallest absolute Gasteiger partial charge is 0.243 e. The lowest BCUT2D eigenvalue weighted by atomic mass is 10.2. The van der Waals surface area contributed by atoms with Gasteiger partial charge in [0, 0.05) is 18.5 Å². The Hall–Kier alpha value is -1.89. The molecule has 0 aliphatic heterocycles. The van der Waals surface area contributed by atoms with Crippen molar-refractivity contribution in [1.82, 2.24) is 9.78 Å². The SMILES string of the molecule is COCC(N)C(=O)Nc1cccc(-n2nc(C)cc2C)c1.Cl. The Kier molecular flexibility index (Phi) is 6.55. The molecule has 1 aromatic carbocycles. The van der Waals surface area contributed by atoms with Gasteiger partial charge < -0.3 is 15.8 Å². The van der Waals surface area contributed by atoms with E-state index in [9.17, 15) is 4.79 Å². The predicted octanol–water partition coefficient (Wildman–Crippen LogP) is 1.82. The zero-order valence-corrected chi connectivity index (χ0v) is 13.7. The molecule has 1 heterocycles. The van der Waals surface area contributed by atoms with Crippen LogP contribution in [0.1, 0.15) is 11.4 Å². The number of nitrogens with one attached hydrogen (secondary N) is 1. The minimum absolute atomic E-state index is 0. The number of amides is 1. The van der Waals surface area contributed by atoms with Gasteiger partial charge in [0.25, 0.3) is 0 Å². The average Bonchev–Trinajstić information content (AvgIpc) is 2.78. The van der Waals surface area contributed by atoms with Gasteiger partial charge in [-0.25, -0.2) is 4.68 Å². The molecular formula is C15H21ClN4O2. The van der Waals surface area contributed by atoms with Crippen LogP contribution in [-0.4, -0.2) is 35.4 Å². The van der Waals surface area contributed by atoms with E-state index in [1.54, 1.807) is 0 Å². The van der Waals surface area contributed by atoms with E-state index in [0.29, 0.717) is 5.69 Å². The van der Waals surface area contributed by atoms with E-state index in [0.717, 1.165) is 17.1 Å². The predicted molar refractivity (Wildman–Crippen MR) is 88.8 cm³/mol. The maximum atomic E-state index is 11.9. The van der Waals surface area contributed by atoms with Crippen LogP contribution >= 0.6 is 12.4 Å². The van der Waals surface area contributed by atoms with Crippen LogP contribution in [0, 0.1) is 13.8 Å². The van der Waals surface area contributed by atoms with Crippen LogP contribution in [0.15, 0.2) is 30.3 Å². The summed E-state index contributed by atoms with van der Waals surface area (Å²) in [4.78, 5) is 11.9. The van der Waals surface area contributed by atoms with Gasteiger partial charge in [0.2, 0.25) is 5.91 Å². The Balaban J connectivity index is 0.00000242. The summed E-state index contributed by atoms with van der Waals surface area (Å²) >= 11 is 0. The molecule has 0 spiro atoms. The number of carbonyl (C=O) groups is 1. The van der Waals surface area contributed by atoms with Crippen molar-refractivity contribution in [2.24, 2.45) is 5.73 Å². The van der Waals surface area contributed by atoms with Gasteiger partial charge >= 0.3 is 0 Å². The molecule has 1 amide bonds. The number of halogens is 1. The second-order valence-corrected chi connectivity index (χ2v) is 4.94. The fourth-order valence-electron chi connectivity index (χ4n) is 2.10. The largest absolute Gasteiger partial charge is 0.383 e. The number of rotatable bonds is 5. The Labute approximate surface area is 136 Å². The lowest BCUT2D eigenvalue weighted by molar-refractivity contribution is -0.118. The van der Waals surface area contributed by atoms with Gasteiger partial charge in [-0.2, -0.15) is 5.10 Å². The normalized spacial score (nSPS) is 11.6. The highest BCUT2D eigenvalue weighted by molar-refractivity contribution is 5.95. The molecule has 120 valence electrons. The van der Waals surface area contributed by atoms with Crippen molar-refractivity contribution in [1.29, 1.82) is 0 Å². The third kappa shape index (κ3) is 4.30. The first-order chi connectivity index (χ1) is 10.0. The van der Waals surface area contributed by atoms with Crippen molar-refractivity contribution in [3.8, 4) is 5.69 Å². The Morgan fingerprint density at radius 2 is 2.14 bits per heavy atom. The maximum Gasteiger partial charge on any atom is 0.243 e. The van der Waals surface area contributed by atoms with Gasteiger partial charge in [-0.05, 0) is 38.1 Å².